The number of nitrogens with zero attached hydrogens (tertiary/aromatic N) is 1. The van der Waals surface area contributed by atoms with E-state index in [0.29, 0.717) is 0 Å². The Kier molecular flexibility index (Phi) is 5.66. The molecule has 2 unspecified atom stereocenters. The summed E-state index contributed by atoms with van der Waals surface area (Å²) in [5.74, 6) is 0.825. The number of hydrogen-bond donors (Lipinski definition) is 0. The predicted molar refractivity (Wildman–Crippen MR) is 55.0 cm³/mol. The van der Waals surface area contributed by atoms with Crippen LogP contribution in [-0.4, -0.2) is 31.9 Å². The molecule has 0 aromatic carbocycles. The first-order valence-corrected chi connectivity index (χ1v) is 4.85. The van der Waals surface area contributed by atoms with Gasteiger partial charge in [0.25, 0.3) is 0 Å². The third kappa shape index (κ3) is 4.46. The van der Waals surface area contributed by atoms with E-state index in [-0.39, 0.29) is 0 Å². The first-order valence-electron chi connectivity index (χ1n) is 4.85. The molecule has 0 N–H and O–H groups in total. The third-order valence-corrected chi connectivity index (χ3v) is 2.25. The summed E-state index contributed by atoms with van der Waals surface area (Å²) in [6.07, 6.45) is 1.32. The van der Waals surface area contributed by atoms with Crippen LogP contribution in [0, 0.1) is 0 Å². The van der Waals surface area contributed by atoms with E-state index in [1.54, 1.807) is 0 Å². The molecular formula is C9H22BN. The van der Waals surface area contributed by atoms with Crippen molar-refractivity contribution in [3.8, 4) is 0 Å². The highest BCUT2D eigenvalue weighted by molar-refractivity contribution is 6.11. The van der Waals surface area contributed by atoms with Gasteiger partial charge in [0.05, 0.1) is 0 Å². The minimum Gasteiger partial charge on any atom is -0.301 e. The Hall–Kier alpha value is 0.0249. The molecule has 0 radical (unpaired) electrons. The van der Waals surface area contributed by atoms with Gasteiger partial charge in [-0.05, 0) is 26.4 Å². The van der Waals surface area contributed by atoms with Crippen LogP contribution in [0.4, 0.5) is 0 Å². The normalized spacial score (nSPS) is 16.8. The van der Waals surface area contributed by atoms with Crippen LogP contribution in [0.1, 0.15) is 34.1 Å². The Bertz CT molecular complexity index is 89.6. The van der Waals surface area contributed by atoms with E-state index in [1.807, 2.05) is 0 Å². The smallest absolute Gasteiger partial charge is 0.105 e. The van der Waals surface area contributed by atoms with E-state index >= 15 is 0 Å². The Morgan fingerprint density at radius 3 is 1.91 bits per heavy atom. The second-order valence-electron chi connectivity index (χ2n) is 3.70. The minimum absolute atomic E-state index is 0.755. The zero-order chi connectivity index (χ0) is 8.85. The Morgan fingerprint density at radius 2 is 1.64 bits per heavy atom. The maximum atomic E-state index is 2.51. The maximum absolute atomic E-state index is 2.51. The summed E-state index contributed by atoms with van der Waals surface area (Å²) in [7, 11) is 2.29. The standard InChI is InChI=1S/C9H22BN/c1-5-11(6-2)9(4)7-8(3)10/h8-9H,5-7,10H2,1-4H3. The highest BCUT2D eigenvalue weighted by atomic mass is 15.1. The molecule has 11 heavy (non-hydrogen) atoms. The topological polar surface area (TPSA) is 3.24 Å². The molecule has 0 aliphatic rings. The zero-order valence-electron chi connectivity index (χ0n) is 8.72. The lowest BCUT2D eigenvalue weighted by Gasteiger charge is -2.27. The predicted octanol–water partition coefficient (Wildman–Crippen LogP) is 1.55. The molecule has 0 saturated carbocycles. The van der Waals surface area contributed by atoms with Gasteiger partial charge in [0.1, 0.15) is 7.85 Å². The summed E-state index contributed by atoms with van der Waals surface area (Å²) in [6, 6.07) is 0.755. The van der Waals surface area contributed by atoms with E-state index in [1.165, 1.54) is 19.5 Å². The molecule has 2 heteroatoms. The fourth-order valence-electron chi connectivity index (χ4n) is 1.68. The van der Waals surface area contributed by atoms with Crippen LogP contribution in [0.25, 0.3) is 0 Å². The molecular weight excluding hydrogens is 133 g/mol. The number of hydrogen-bond acceptors (Lipinski definition) is 1. The van der Waals surface area contributed by atoms with E-state index in [2.05, 4.69) is 40.4 Å². The molecule has 0 heterocycles. The fourth-order valence-corrected chi connectivity index (χ4v) is 1.68. The first kappa shape index (κ1) is 11.0. The monoisotopic (exact) mass is 155 g/mol. The summed E-state index contributed by atoms with van der Waals surface area (Å²) in [4.78, 5) is 2.51. The van der Waals surface area contributed by atoms with Crippen LogP contribution in [-0.2, 0) is 0 Å². The molecule has 2 atom stereocenters. The van der Waals surface area contributed by atoms with Gasteiger partial charge in [-0.3, -0.25) is 0 Å². The Labute approximate surface area is 72.6 Å². The lowest BCUT2D eigenvalue weighted by atomic mass is 9.84. The highest BCUT2D eigenvalue weighted by Crippen LogP contribution is 2.12. The zero-order valence-corrected chi connectivity index (χ0v) is 8.72. The van der Waals surface area contributed by atoms with Crippen LogP contribution in [0.2, 0.25) is 5.82 Å². The minimum atomic E-state index is 0.755. The molecule has 0 aliphatic heterocycles. The molecule has 0 aromatic heterocycles. The lowest BCUT2D eigenvalue weighted by Crippen LogP contribution is -2.33. The van der Waals surface area contributed by atoms with Gasteiger partial charge >= 0.3 is 0 Å². The van der Waals surface area contributed by atoms with E-state index in [0.717, 1.165) is 11.9 Å². The first-order chi connectivity index (χ1) is 5.11. The van der Waals surface area contributed by atoms with Crippen LogP contribution in [0.3, 0.4) is 0 Å². The molecule has 1 nitrogen and oxygen atoms in total. The molecule has 0 aromatic rings. The van der Waals surface area contributed by atoms with Gasteiger partial charge in [0.2, 0.25) is 0 Å². The van der Waals surface area contributed by atoms with Crippen molar-refractivity contribution in [2.24, 2.45) is 0 Å². The summed E-state index contributed by atoms with van der Waals surface area (Å²) in [6.45, 7) is 11.5. The van der Waals surface area contributed by atoms with E-state index in [4.69, 9.17) is 0 Å². The van der Waals surface area contributed by atoms with Crippen molar-refractivity contribution in [2.75, 3.05) is 13.1 Å². The average Bonchev–Trinajstić information content (AvgIpc) is 1.88. The van der Waals surface area contributed by atoms with Crippen LogP contribution < -0.4 is 0 Å². The van der Waals surface area contributed by atoms with Gasteiger partial charge in [-0.2, -0.15) is 0 Å². The largest absolute Gasteiger partial charge is 0.301 e. The average molecular weight is 155 g/mol. The van der Waals surface area contributed by atoms with Crippen LogP contribution >= 0.6 is 0 Å². The van der Waals surface area contributed by atoms with Gasteiger partial charge in [-0.1, -0.05) is 26.6 Å². The third-order valence-electron chi connectivity index (χ3n) is 2.25. The molecule has 0 amide bonds. The van der Waals surface area contributed by atoms with Gasteiger partial charge in [0, 0.05) is 6.04 Å². The van der Waals surface area contributed by atoms with Crippen LogP contribution in [0.5, 0.6) is 0 Å². The van der Waals surface area contributed by atoms with Crippen molar-refractivity contribution >= 4 is 7.85 Å². The van der Waals surface area contributed by atoms with Crippen molar-refractivity contribution in [1.29, 1.82) is 0 Å². The molecule has 0 rings (SSSR count). The van der Waals surface area contributed by atoms with E-state index in [9.17, 15) is 0 Å². The summed E-state index contributed by atoms with van der Waals surface area (Å²) in [5, 5.41) is 0. The highest BCUT2D eigenvalue weighted by Gasteiger charge is 2.10. The van der Waals surface area contributed by atoms with Gasteiger partial charge in [0.15, 0.2) is 0 Å². The Morgan fingerprint density at radius 1 is 1.18 bits per heavy atom. The van der Waals surface area contributed by atoms with Gasteiger partial charge in [-0.15, -0.1) is 0 Å². The Balaban J connectivity index is 3.68. The number of rotatable bonds is 5. The molecule has 0 saturated heterocycles. The molecule has 0 bridgehead atoms. The SMILES string of the molecule is BC(C)CC(C)N(CC)CC. The summed E-state index contributed by atoms with van der Waals surface area (Å²) < 4.78 is 0. The van der Waals surface area contributed by atoms with Crippen molar-refractivity contribution in [3.05, 3.63) is 0 Å². The van der Waals surface area contributed by atoms with Crippen molar-refractivity contribution in [1.82, 2.24) is 4.90 Å². The van der Waals surface area contributed by atoms with Crippen molar-refractivity contribution in [2.45, 2.75) is 46.0 Å². The molecule has 0 aliphatic carbocycles. The van der Waals surface area contributed by atoms with Crippen molar-refractivity contribution in [3.63, 3.8) is 0 Å². The van der Waals surface area contributed by atoms with Crippen LogP contribution in [0.15, 0.2) is 0 Å². The summed E-state index contributed by atoms with van der Waals surface area (Å²) in [5.41, 5.74) is 0. The molecule has 0 spiro atoms. The molecule has 0 fully saturated rings. The fraction of sp³-hybridized carbons (Fsp3) is 1.00. The van der Waals surface area contributed by atoms with Gasteiger partial charge in [-0.25, -0.2) is 0 Å². The quantitative estimate of drug-likeness (QED) is 0.544. The van der Waals surface area contributed by atoms with E-state index < -0.39 is 0 Å². The summed E-state index contributed by atoms with van der Waals surface area (Å²) >= 11 is 0. The molecule has 66 valence electrons. The lowest BCUT2D eigenvalue weighted by molar-refractivity contribution is 0.220. The second kappa shape index (κ2) is 5.65. The maximum Gasteiger partial charge on any atom is 0.105 e. The van der Waals surface area contributed by atoms with Gasteiger partial charge < -0.3 is 4.90 Å². The van der Waals surface area contributed by atoms with Crippen molar-refractivity contribution < 1.29 is 0 Å². The second-order valence-corrected chi connectivity index (χ2v) is 3.70.